The molecular weight excluding hydrogens is 659 g/mol. The minimum absolute atomic E-state index is 0. The molecule has 4 atom stereocenters. The summed E-state index contributed by atoms with van der Waals surface area (Å²) >= 11 is 0. The van der Waals surface area contributed by atoms with Crippen LogP contribution in [0.5, 0.6) is 23.0 Å². The first-order valence-corrected chi connectivity index (χ1v) is 14.8. The third-order valence-electron chi connectivity index (χ3n) is 7.16. The third kappa shape index (κ3) is 10.0. The molecule has 0 bridgehead atoms. The van der Waals surface area contributed by atoms with E-state index < -0.39 is 36.2 Å². The van der Waals surface area contributed by atoms with Gasteiger partial charge in [-0.3, -0.25) is 10.6 Å². The van der Waals surface area contributed by atoms with E-state index in [1.54, 1.807) is 97.1 Å². The van der Waals surface area contributed by atoms with Crippen LogP contribution in [-0.2, 0) is 9.59 Å². The molecule has 10 nitrogen and oxygen atoms in total. The molecule has 1 heterocycles. The quantitative estimate of drug-likeness (QED) is 0.179. The first kappa shape index (κ1) is 37.5. The Labute approximate surface area is 291 Å². The lowest BCUT2D eigenvalue weighted by Gasteiger charge is -2.28. The van der Waals surface area contributed by atoms with E-state index in [0.717, 1.165) is 0 Å². The predicted molar refractivity (Wildman–Crippen MR) is 185 cm³/mol. The number of carbonyl (C=O) groups is 2. The first-order valence-electron chi connectivity index (χ1n) is 14.8. The summed E-state index contributed by atoms with van der Waals surface area (Å²) in [4.78, 5) is 25.1. The maximum Gasteiger partial charge on any atom is 0.346 e. The zero-order valence-corrected chi connectivity index (χ0v) is 27.3. The van der Waals surface area contributed by atoms with Crippen molar-refractivity contribution in [2.24, 2.45) is 0 Å². The van der Waals surface area contributed by atoms with Crippen LogP contribution in [0.25, 0.3) is 0 Å². The summed E-state index contributed by atoms with van der Waals surface area (Å²) < 4.78 is 24.2. The van der Waals surface area contributed by atoms with Crippen molar-refractivity contribution in [3.8, 4) is 34.8 Å². The van der Waals surface area contributed by atoms with Crippen molar-refractivity contribution in [3.05, 3.63) is 120 Å². The highest BCUT2D eigenvalue weighted by molar-refractivity contribution is 5.85. The second kappa shape index (κ2) is 19.0. The topological polar surface area (TPSA) is 136 Å². The van der Waals surface area contributed by atoms with Crippen molar-refractivity contribution < 1.29 is 38.7 Å². The van der Waals surface area contributed by atoms with E-state index in [0.29, 0.717) is 34.1 Å². The molecule has 0 saturated heterocycles. The second-order valence-electron chi connectivity index (χ2n) is 10.2. The molecule has 12 heteroatoms. The lowest BCUT2D eigenvalue weighted by Crippen LogP contribution is -2.42. The Morgan fingerprint density at radius 2 is 0.958 bits per heavy atom. The SMILES string of the molecule is Cl.Cl.O=C(O)[C@@H](Oc1ccccc1)[C@@H]1NCC#CCN[C@@H]([C@H](Oc2ccccc2)C(=O)O)c2ccccc2OCCOc2ccccc21. The molecule has 4 N–H and O–H groups in total. The van der Waals surface area contributed by atoms with Crippen LogP contribution >= 0.6 is 24.8 Å². The number of aliphatic carboxylic acids is 2. The summed E-state index contributed by atoms with van der Waals surface area (Å²) in [7, 11) is 0. The Hall–Kier alpha value is -4.92. The predicted octanol–water partition coefficient (Wildman–Crippen LogP) is 5.33. The van der Waals surface area contributed by atoms with Gasteiger partial charge in [0.05, 0.1) is 25.2 Å². The molecule has 0 amide bonds. The highest BCUT2D eigenvalue weighted by Crippen LogP contribution is 2.32. The standard InChI is InChI=1S/C36H34N2O8.2ClH/c39-35(40)33(45-25-13-3-1-4-14-25)31-27-17-7-9-19-29(27)43-23-24-44-30-20-10-8-18-28(30)32(38-22-12-11-21-37-31)34(36(41)42)46-26-15-5-2-6-16-26;;/h1-10,13-20,31-34,37-38H,21-24H2,(H,39,40)(H,41,42);2*1H/t31-,32-,33+,34+;;/m1../s1. The van der Waals surface area contributed by atoms with Crippen LogP contribution in [0.15, 0.2) is 109 Å². The Bertz CT molecular complexity index is 1550. The van der Waals surface area contributed by atoms with E-state index in [9.17, 15) is 19.8 Å². The molecule has 0 radical (unpaired) electrons. The van der Waals surface area contributed by atoms with Crippen molar-refractivity contribution in [2.75, 3.05) is 26.3 Å². The number of fused-ring (bicyclic) bond motifs is 2. The largest absolute Gasteiger partial charge is 0.490 e. The smallest absolute Gasteiger partial charge is 0.346 e. The van der Waals surface area contributed by atoms with Gasteiger partial charge in [0, 0.05) is 11.1 Å². The van der Waals surface area contributed by atoms with E-state index in [4.69, 9.17) is 18.9 Å². The Morgan fingerprint density at radius 1 is 0.604 bits per heavy atom. The van der Waals surface area contributed by atoms with Gasteiger partial charge in [0.15, 0.2) is 0 Å². The number of hydrogen-bond donors (Lipinski definition) is 4. The summed E-state index contributed by atoms with van der Waals surface area (Å²) in [5.74, 6) is 5.43. The van der Waals surface area contributed by atoms with Gasteiger partial charge in [-0.15, -0.1) is 24.8 Å². The van der Waals surface area contributed by atoms with Crippen molar-refractivity contribution in [1.82, 2.24) is 10.6 Å². The average Bonchev–Trinajstić information content (AvgIpc) is 3.07. The summed E-state index contributed by atoms with van der Waals surface area (Å²) in [5, 5.41) is 26.9. The Morgan fingerprint density at radius 3 is 1.33 bits per heavy atom. The minimum atomic E-state index is -1.31. The van der Waals surface area contributed by atoms with Gasteiger partial charge in [-0.2, -0.15) is 0 Å². The zero-order valence-electron chi connectivity index (χ0n) is 25.7. The third-order valence-corrected chi connectivity index (χ3v) is 7.16. The number of carboxylic acid groups (broad SMARTS) is 2. The fourth-order valence-corrected chi connectivity index (χ4v) is 5.06. The maximum atomic E-state index is 12.5. The molecule has 0 spiro atoms. The highest BCUT2D eigenvalue weighted by atomic mass is 35.5. The second-order valence-corrected chi connectivity index (χ2v) is 10.2. The number of para-hydroxylation sites is 4. The Kier molecular flexibility index (Phi) is 14.9. The van der Waals surface area contributed by atoms with Gasteiger partial charge in [-0.25, -0.2) is 9.59 Å². The molecule has 4 aromatic carbocycles. The number of benzene rings is 4. The molecule has 1 aliphatic heterocycles. The number of nitrogens with one attached hydrogen (secondary N) is 2. The van der Waals surface area contributed by atoms with Gasteiger partial charge in [-0.1, -0.05) is 84.6 Å². The molecule has 0 aliphatic carbocycles. The van der Waals surface area contributed by atoms with Crippen LogP contribution in [0.3, 0.4) is 0 Å². The maximum absolute atomic E-state index is 12.5. The number of rotatable bonds is 8. The van der Waals surface area contributed by atoms with E-state index in [-0.39, 0.29) is 51.1 Å². The summed E-state index contributed by atoms with van der Waals surface area (Å²) in [6.07, 6.45) is -2.63. The van der Waals surface area contributed by atoms with Crippen LogP contribution < -0.4 is 29.6 Å². The number of carboxylic acids is 2. The molecule has 0 aromatic heterocycles. The fourth-order valence-electron chi connectivity index (χ4n) is 5.06. The van der Waals surface area contributed by atoms with E-state index >= 15 is 0 Å². The van der Waals surface area contributed by atoms with Gasteiger partial charge >= 0.3 is 11.9 Å². The fraction of sp³-hybridized carbons (Fsp3) is 0.222. The van der Waals surface area contributed by atoms with Crippen molar-refractivity contribution in [3.63, 3.8) is 0 Å². The normalized spacial score (nSPS) is 17.2. The molecule has 252 valence electrons. The van der Waals surface area contributed by atoms with Crippen LogP contribution in [0.1, 0.15) is 23.2 Å². The average molecular weight is 696 g/mol. The Balaban J connectivity index is 0.00000312. The summed E-state index contributed by atoms with van der Waals surface area (Å²) in [6, 6.07) is 30.1. The van der Waals surface area contributed by atoms with Crippen LogP contribution in [0, 0.1) is 11.8 Å². The van der Waals surface area contributed by atoms with Gasteiger partial charge in [0.1, 0.15) is 36.2 Å². The van der Waals surface area contributed by atoms with Crippen LogP contribution in [0.4, 0.5) is 0 Å². The summed E-state index contributed by atoms with van der Waals surface area (Å²) in [5.41, 5.74) is 1.17. The molecule has 0 saturated carbocycles. The summed E-state index contributed by atoms with van der Waals surface area (Å²) in [6.45, 7) is 0.456. The molecule has 0 unspecified atom stereocenters. The highest BCUT2D eigenvalue weighted by Gasteiger charge is 2.35. The number of hydrogen-bond acceptors (Lipinski definition) is 8. The van der Waals surface area contributed by atoms with E-state index in [1.165, 1.54) is 0 Å². The molecule has 0 fully saturated rings. The van der Waals surface area contributed by atoms with Gasteiger partial charge in [0.2, 0.25) is 12.2 Å². The molecule has 4 aromatic rings. The van der Waals surface area contributed by atoms with Gasteiger partial charge in [-0.05, 0) is 36.4 Å². The van der Waals surface area contributed by atoms with Gasteiger partial charge in [0.25, 0.3) is 0 Å². The van der Waals surface area contributed by atoms with Crippen LogP contribution in [0.2, 0.25) is 0 Å². The van der Waals surface area contributed by atoms with Crippen molar-refractivity contribution in [2.45, 2.75) is 24.3 Å². The van der Waals surface area contributed by atoms with Crippen LogP contribution in [-0.4, -0.2) is 60.7 Å². The zero-order chi connectivity index (χ0) is 32.1. The lowest BCUT2D eigenvalue weighted by atomic mass is 9.99. The van der Waals surface area contributed by atoms with E-state index in [1.807, 2.05) is 12.1 Å². The van der Waals surface area contributed by atoms with Crippen molar-refractivity contribution in [1.29, 1.82) is 0 Å². The number of halogens is 2. The monoisotopic (exact) mass is 694 g/mol. The van der Waals surface area contributed by atoms with E-state index in [2.05, 4.69) is 22.5 Å². The molecule has 48 heavy (non-hydrogen) atoms. The first-order chi connectivity index (χ1) is 22.5. The molecule has 5 rings (SSSR count). The van der Waals surface area contributed by atoms with Crippen molar-refractivity contribution >= 4 is 36.8 Å². The lowest BCUT2D eigenvalue weighted by molar-refractivity contribution is -0.147. The number of ether oxygens (including phenoxy) is 4. The minimum Gasteiger partial charge on any atom is -0.490 e. The van der Waals surface area contributed by atoms with Gasteiger partial charge < -0.3 is 29.2 Å². The molecule has 1 aliphatic rings. The molecular formula is C36H36Cl2N2O8.